The van der Waals surface area contributed by atoms with Crippen molar-refractivity contribution in [2.24, 2.45) is 17.6 Å². The fraction of sp³-hybridized carbons (Fsp3) is 0.316. The maximum absolute atomic E-state index is 13.6. The molecular formula is C38H42BrN3O3. The van der Waals surface area contributed by atoms with Crippen LogP contribution in [0.4, 0.5) is 0 Å². The first-order valence-electron chi connectivity index (χ1n) is 15.8. The second kappa shape index (κ2) is 15.9. The van der Waals surface area contributed by atoms with Crippen LogP contribution in [0.1, 0.15) is 52.7 Å². The molecule has 4 aromatic rings. The summed E-state index contributed by atoms with van der Waals surface area (Å²) in [5.74, 6) is 1.37. The monoisotopic (exact) mass is 667 g/mol. The average Bonchev–Trinajstić information content (AvgIpc) is 3.07. The third kappa shape index (κ3) is 9.52. The predicted molar refractivity (Wildman–Crippen MR) is 184 cm³/mol. The lowest BCUT2D eigenvalue weighted by Crippen LogP contribution is -2.33. The van der Waals surface area contributed by atoms with Crippen LogP contribution in [0.3, 0.4) is 0 Å². The summed E-state index contributed by atoms with van der Waals surface area (Å²) in [6, 6.07) is 30.9. The lowest BCUT2D eigenvalue weighted by atomic mass is 9.82. The molecule has 0 spiro atoms. The van der Waals surface area contributed by atoms with Gasteiger partial charge >= 0.3 is 0 Å². The number of amides is 2. The first-order chi connectivity index (χ1) is 21.9. The van der Waals surface area contributed by atoms with Gasteiger partial charge in [-0.2, -0.15) is 0 Å². The number of aromatic hydroxyl groups is 1. The Labute approximate surface area is 274 Å². The van der Waals surface area contributed by atoms with E-state index in [1.165, 1.54) is 0 Å². The van der Waals surface area contributed by atoms with Crippen molar-refractivity contribution >= 4 is 27.7 Å². The molecule has 45 heavy (non-hydrogen) atoms. The molecule has 1 aliphatic rings. The number of hydrogen-bond donors (Lipinski definition) is 3. The SMILES string of the molecule is NCC1CCC(CNC(=O)c2cccc(-c3cccc(CN(CCc4ccc(O)cc4)C(=O)Cc4ccc(Br)cc4)c3)c2)CC1. The second-order valence-corrected chi connectivity index (χ2v) is 13.1. The number of nitrogens with zero attached hydrogens (tertiary/aromatic N) is 1. The molecule has 0 radical (unpaired) electrons. The molecule has 0 bridgehead atoms. The van der Waals surface area contributed by atoms with Gasteiger partial charge in [0.1, 0.15) is 5.75 Å². The van der Waals surface area contributed by atoms with Gasteiger partial charge < -0.3 is 21.1 Å². The Bertz CT molecular complexity index is 1560. The van der Waals surface area contributed by atoms with E-state index in [4.69, 9.17) is 5.73 Å². The molecule has 0 heterocycles. The fourth-order valence-electron chi connectivity index (χ4n) is 6.03. The summed E-state index contributed by atoms with van der Waals surface area (Å²) in [7, 11) is 0. The fourth-order valence-corrected chi connectivity index (χ4v) is 6.29. The van der Waals surface area contributed by atoms with Crippen molar-refractivity contribution in [1.29, 1.82) is 0 Å². The second-order valence-electron chi connectivity index (χ2n) is 12.1. The minimum atomic E-state index is -0.0482. The lowest BCUT2D eigenvalue weighted by Gasteiger charge is -2.27. The maximum Gasteiger partial charge on any atom is 0.251 e. The number of phenols is 1. The molecule has 1 fully saturated rings. The van der Waals surface area contributed by atoms with Crippen molar-refractivity contribution in [3.05, 3.63) is 124 Å². The van der Waals surface area contributed by atoms with Crippen molar-refractivity contribution < 1.29 is 14.7 Å². The maximum atomic E-state index is 13.6. The molecule has 0 saturated heterocycles. The summed E-state index contributed by atoms with van der Waals surface area (Å²) in [6.07, 6.45) is 5.52. The first-order valence-corrected chi connectivity index (χ1v) is 16.6. The zero-order chi connectivity index (χ0) is 31.6. The number of nitrogens with two attached hydrogens (primary N) is 1. The molecule has 7 heteroatoms. The van der Waals surface area contributed by atoms with Crippen LogP contribution in [0.15, 0.2) is 102 Å². The average molecular weight is 669 g/mol. The molecule has 5 rings (SSSR count). The van der Waals surface area contributed by atoms with E-state index in [0.29, 0.717) is 49.9 Å². The smallest absolute Gasteiger partial charge is 0.251 e. The van der Waals surface area contributed by atoms with E-state index < -0.39 is 0 Å². The Morgan fingerprint density at radius 3 is 2.16 bits per heavy atom. The Morgan fingerprint density at radius 1 is 0.800 bits per heavy atom. The van der Waals surface area contributed by atoms with Crippen molar-refractivity contribution in [3.8, 4) is 16.9 Å². The quantitative estimate of drug-likeness (QED) is 0.150. The van der Waals surface area contributed by atoms with Crippen LogP contribution >= 0.6 is 15.9 Å². The zero-order valence-electron chi connectivity index (χ0n) is 25.6. The van der Waals surface area contributed by atoms with Gasteiger partial charge in [0, 0.05) is 29.7 Å². The molecule has 1 saturated carbocycles. The van der Waals surface area contributed by atoms with E-state index in [1.54, 1.807) is 12.1 Å². The van der Waals surface area contributed by atoms with Crippen molar-refractivity contribution in [1.82, 2.24) is 10.2 Å². The van der Waals surface area contributed by atoms with Crippen LogP contribution < -0.4 is 11.1 Å². The minimum Gasteiger partial charge on any atom is -0.508 e. The highest BCUT2D eigenvalue weighted by molar-refractivity contribution is 9.10. The highest BCUT2D eigenvalue weighted by atomic mass is 79.9. The summed E-state index contributed by atoms with van der Waals surface area (Å²) >= 11 is 3.47. The van der Waals surface area contributed by atoms with Gasteiger partial charge in [-0.15, -0.1) is 0 Å². The lowest BCUT2D eigenvalue weighted by molar-refractivity contribution is -0.131. The van der Waals surface area contributed by atoms with Crippen LogP contribution in [0.2, 0.25) is 0 Å². The van der Waals surface area contributed by atoms with Gasteiger partial charge in [0.15, 0.2) is 0 Å². The molecule has 0 unspecified atom stereocenters. The number of halogens is 1. The van der Waals surface area contributed by atoms with Crippen LogP contribution in [-0.4, -0.2) is 41.5 Å². The normalized spacial score (nSPS) is 16.2. The van der Waals surface area contributed by atoms with Gasteiger partial charge in [0.2, 0.25) is 5.91 Å². The van der Waals surface area contributed by atoms with Crippen LogP contribution in [0.25, 0.3) is 11.1 Å². The van der Waals surface area contributed by atoms with Crippen LogP contribution in [-0.2, 0) is 24.2 Å². The van der Waals surface area contributed by atoms with Crippen LogP contribution in [0, 0.1) is 11.8 Å². The third-order valence-corrected chi connectivity index (χ3v) is 9.37. The molecule has 0 aromatic heterocycles. The van der Waals surface area contributed by atoms with E-state index in [-0.39, 0.29) is 17.6 Å². The Kier molecular flexibility index (Phi) is 11.4. The minimum absolute atomic E-state index is 0.0482. The molecule has 6 nitrogen and oxygen atoms in total. The van der Waals surface area contributed by atoms with Crippen molar-refractivity contribution in [3.63, 3.8) is 0 Å². The number of hydrogen-bond acceptors (Lipinski definition) is 4. The molecule has 2 amide bonds. The number of benzene rings is 4. The van der Waals surface area contributed by atoms with E-state index in [2.05, 4.69) is 27.3 Å². The third-order valence-electron chi connectivity index (χ3n) is 8.84. The van der Waals surface area contributed by atoms with Crippen molar-refractivity contribution in [2.75, 3.05) is 19.6 Å². The van der Waals surface area contributed by atoms with Crippen LogP contribution in [0.5, 0.6) is 5.75 Å². The molecular weight excluding hydrogens is 626 g/mol. The number of phenolic OH excluding ortho intramolecular Hbond substituents is 1. The highest BCUT2D eigenvalue weighted by Crippen LogP contribution is 2.28. The summed E-state index contributed by atoms with van der Waals surface area (Å²) in [6.45, 7) is 2.47. The molecule has 234 valence electrons. The molecule has 4 aromatic carbocycles. The number of rotatable bonds is 12. The van der Waals surface area contributed by atoms with Gasteiger partial charge in [-0.3, -0.25) is 9.59 Å². The van der Waals surface area contributed by atoms with Gasteiger partial charge in [-0.05, 0) is 121 Å². The zero-order valence-corrected chi connectivity index (χ0v) is 27.2. The van der Waals surface area contributed by atoms with E-state index in [1.807, 2.05) is 83.8 Å². The van der Waals surface area contributed by atoms with E-state index in [0.717, 1.165) is 64.5 Å². The van der Waals surface area contributed by atoms with Gasteiger partial charge in [0.25, 0.3) is 5.91 Å². The van der Waals surface area contributed by atoms with E-state index >= 15 is 0 Å². The predicted octanol–water partition coefficient (Wildman–Crippen LogP) is 7.13. The van der Waals surface area contributed by atoms with Gasteiger partial charge in [-0.1, -0.05) is 70.5 Å². The summed E-state index contributed by atoms with van der Waals surface area (Å²) < 4.78 is 0.978. The Hall–Kier alpha value is -3.94. The van der Waals surface area contributed by atoms with Gasteiger partial charge in [0.05, 0.1) is 6.42 Å². The molecule has 0 aliphatic heterocycles. The summed E-state index contributed by atoms with van der Waals surface area (Å²) in [5.41, 5.74) is 11.5. The Morgan fingerprint density at radius 2 is 1.44 bits per heavy atom. The first kappa shape index (κ1) is 32.5. The largest absolute Gasteiger partial charge is 0.508 e. The van der Waals surface area contributed by atoms with Crippen molar-refractivity contribution in [2.45, 2.75) is 45.1 Å². The molecule has 1 aliphatic carbocycles. The highest BCUT2D eigenvalue weighted by Gasteiger charge is 2.21. The molecule has 4 N–H and O–H groups in total. The summed E-state index contributed by atoms with van der Waals surface area (Å²) in [5, 5.41) is 12.8. The topological polar surface area (TPSA) is 95.7 Å². The standard InChI is InChI=1S/C38H42BrN3O3/c39-35-15-11-28(12-16-35)22-37(44)42(20-19-27-13-17-36(43)18-14-27)26-31-3-1-4-32(21-31)33-5-2-6-34(23-33)38(45)41-25-30-9-7-29(24-40)8-10-30/h1-6,11-18,21,23,29-30,43H,7-10,19-20,22,24-26,40H2,(H,41,45). The summed E-state index contributed by atoms with van der Waals surface area (Å²) in [4.78, 5) is 28.5. The number of nitrogens with one attached hydrogen (secondary N) is 1. The molecule has 0 atom stereocenters. The number of carbonyl (C=O) groups excluding carboxylic acids is 2. The Balaban J connectivity index is 1.27. The number of carbonyl (C=O) groups is 2. The van der Waals surface area contributed by atoms with Gasteiger partial charge in [-0.25, -0.2) is 0 Å². The van der Waals surface area contributed by atoms with E-state index in [9.17, 15) is 14.7 Å².